The summed E-state index contributed by atoms with van der Waals surface area (Å²) in [6.07, 6.45) is 2.78. The van der Waals surface area contributed by atoms with E-state index < -0.39 is 0 Å². The molecule has 0 radical (unpaired) electrons. The summed E-state index contributed by atoms with van der Waals surface area (Å²) in [5.74, 6) is 2.71. The quantitative estimate of drug-likeness (QED) is 0.890. The van der Waals surface area contributed by atoms with Gasteiger partial charge in [0, 0.05) is 32.1 Å². The Labute approximate surface area is 143 Å². The third-order valence-corrected chi connectivity index (χ3v) is 4.97. The van der Waals surface area contributed by atoms with Crippen LogP contribution < -0.4 is 19.5 Å². The van der Waals surface area contributed by atoms with Crippen molar-refractivity contribution in [1.29, 1.82) is 0 Å². The fraction of sp³-hybridized carbons (Fsp3) is 0.611. The first-order valence-electron chi connectivity index (χ1n) is 8.45. The zero-order chi connectivity index (χ0) is 17.1. The van der Waals surface area contributed by atoms with E-state index in [1.165, 1.54) is 0 Å². The Hall–Kier alpha value is -1.95. The number of likely N-dealkylation sites (tertiary alicyclic amines) is 1. The molecule has 0 aliphatic carbocycles. The maximum Gasteiger partial charge on any atom is 0.220 e. The molecule has 1 aromatic carbocycles. The van der Waals surface area contributed by atoms with E-state index in [9.17, 15) is 4.79 Å². The number of hydrogen-bond donors (Lipinski definition) is 1. The highest BCUT2D eigenvalue weighted by atomic mass is 16.5. The van der Waals surface area contributed by atoms with Gasteiger partial charge in [-0.3, -0.25) is 9.69 Å². The topological polar surface area (TPSA) is 60.0 Å². The molecule has 132 valence electrons. The lowest BCUT2D eigenvalue weighted by molar-refractivity contribution is -0.121. The summed E-state index contributed by atoms with van der Waals surface area (Å²) >= 11 is 0. The number of amides is 1. The monoisotopic (exact) mass is 334 g/mol. The Kier molecular flexibility index (Phi) is 5.14. The Morgan fingerprint density at radius 3 is 2.46 bits per heavy atom. The molecule has 6 heteroatoms. The lowest BCUT2D eigenvalue weighted by atomic mass is 9.99. The molecule has 6 nitrogen and oxygen atoms in total. The molecule has 2 aliphatic rings. The molecule has 3 rings (SSSR count). The van der Waals surface area contributed by atoms with Crippen molar-refractivity contribution in [1.82, 2.24) is 10.2 Å². The summed E-state index contributed by atoms with van der Waals surface area (Å²) in [4.78, 5) is 14.1. The largest absolute Gasteiger partial charge is 0.493 e. The number of nitrogens with zero attached hydrogens (tertiary/aromatic N) is 1. The predicted octanol–water partition coefficient (Wildman–Crippen LogP) is 1.81. The number of carbonyl (C=O) groups is 1. The Morgan fingerprint density at radius 1 is 1.12 bits per heavy atom. The van der Waals surface area contributed by atoms with Crippen LogP contribution in [0.4, 0.5) is 0 Å². The second kappa shape index (κ2) is 7.30. The summed E-state index contributed by atoms with van der Waals surface area (Å²) in [6.45, 7) is 2.72. The molecule has 2 atom stereocenters. The van der Waals surface area contributed by atoms with Crippen LogP contribution in [0.15, 0.2) is 12.1 Å². The molecule has 2 aliphatic heterocycles. The first kappa shape index (κ1) is 16.9. The van der Waals surface area contributed by atoms with Crippen molar-refractivity contribution in [2.24, 2.45) is 5.92 Å². The van der Waals surface area contributed by atoms with Gasteiger partial charge in [0.05, 0.1) is 21.3 Å². The summed E-state index contributed by atoms with van der Waals surface area (Å²) in [6, 6.07) is 4.27. The van der Waals surface area contributed by atoms with Gasteiger partial charge in [-0.15, -0.1) is 0 Å². The minimum Gasteiger partial charge on any atom is -0.493 e. The lowest BCUT2D eigenvalue weighted by Crippen LogP contribution is -2.38. The molecule has 24 heavy (non-hydrogen) atoms. The Balaban J connectivity index is 1.73. The van der Waals surface area contributed by atoms with Crippen molar-refractivity contribution < 1.29 is 19.0 Å². The molecule has 1 N–H and O–H groups in total. The van der Waals surface area contributed by atoms with Crippen LogP contribution in [0.1, 0.15) is 24.8 Å². The van der Waals surface area contributed by atoms with E-state index in [4.69, 9.17) is 14.2 Å². The predicted molar refractivity (Wildman–Crippen MR) is 90.6 cm³/mol. The summed E-state index contributed by atoms with van der Waals surface area (Å²) in [5, 5.41) is 3.17. The van der Waals surface area contributed by atoms with Crippen LogP contribution >= 0.6 is 0 Å². The molecular formula is C18H26N2O4. The summed E-state index contributed by atoms with van der Waals surface area (Å²) in [5.41, 5.74) is 1.12. The maximum atomic E-state index is 11.8. The number of ether oxygens (including phenoxy) is 3. The first-order chi connectivity index (χ1) is 11.6. The number of carbonyl (C=O) groups excluding carboxylic acids is 1. The number of fused-ring (bicyclic) bond motifs is 1. The van der Waals surface area contributed by atoms with Crippen molar-refractivity contribution in [3.63, 3.8) is 0 Å². The number of rotatable bonds is 5. The van der Waals surface area contributed by atoms with Crippen LogP contribution in [0.5, 0.6) is 17.2 Å². The van der Waals surface area contributed by atoms with Crippen molar-refractivity contribution in [2.75, 3.05) is 34.4 Å². The van der Waals surface area contributed by atoms with Crippen molar-refractivity contribution >= 4 is 5.91 Å². The molecule has 2 fully saturated rings. The van der Waals surface area contributed by atoms with E-state index in [0.29, 0.717) is 29.6 Å². The van der Waals surface area contributed by atoms with Gasteiger partial charge in [-0.25, -0.2) is 0 Å². The normalized spacial score (nSPS) is 24.0. The van der Waals surface area contributed by atoms with E-state index in [1.807, 2.05) is 12.1 Å². The number of hydrogen-bond acceptors (Lipinski definition) is 5. The average molecular weight is 334 g/mol. The zero-order valence-corrected chi connectivity index (χ0v) is 14.6. The Morgan fingerprint density at radius 2 is 1.83 bits per heavy atom. The number of benzene rings is 1. The fourth-order valence-corrected chi connectivity index (χ4v) is 3.83. The van der Waals surface area contributed by atoms with E-state index in [0.717, 1.165) is 38.0 Å². The highest BCUT2D eigenvalue weighted by molar-refractivity contribution is 5.76. The van der Waals surface area contributed by atoms with Gasteiger partial charge in [-0.05, 0) is 36.5 Å². The second-order valence-corrected chi connectivity index (χ2v) is 6.55. The molecule has 1 amide bonds. The van der Waals surface area contributed by atoms with Crippen LogP contribution in [-0.4, -0.2) is 51.3 Å². The SMILES string of the molecule is COc1cc(CN2C[C@H]3CCCC(=O)N[C@H]3C2)cc(OC)c1OC. The van der Waals surface area contributed by atoms with Gasteiger partial charge >= 0.3 is 0 Å². The smallest absolute Gasteiger partial charge is 0.220 e. The third kappa shape index (κ3) is 3.43. The van der Waals surface area contributed by atoms with Gasteiger partial charge < -0.3 is 19.5 Å². The van der Waals surface area contributed by atoms with Crippen LogP contribution in [-0.2, 0) is 11.3 Å². The molecule has 0 unspecified atom stereocenters. The molecule has 2 heterocycles. The van der Waals surface area contributed by atoms with Gasteiger partial charge in [0.15, 0.2) is 11.5 Å². The minimum absolute atomic E-state index is 0.192. The van der Waals surface area contributed by atoms with Gasteiger partial charge in [-0.2, -0.15) is 0 Å². The average Bonchev–Trinajstić information content (AvgIpc) is 2.86. The molecule has 0 bridgehead atoms. The number of methoxy groups -OCH3 is 3. The minimum atomic E-state index is 0.192. The Bertz CT molecular complexity index is 580. The zero-order valence-electron chi connectivity index (χ0n) is 14.6. The van der Waals surface area contributed by atoms with Crippen LogP contribution in [0.2, 0.25) is 0 Å². The third-order valence-electron chi connectivity index (χ3n) is 4.97. The van der Waals surface area contributed by atoms with Gasteiger partial charge in [0.2, 0.25) is 11.7 Å². The second-order valence-electron chi connectivity index (χ2n) is 6.55. The standard InChI is InChI=1S/C18H26N2O4/c1-22-15-7-12(8-16(23-2)18(15)24-3)9-20-10-13-5-4-6-17(21)19-14(13)11-20/h7-8,13-14H,4-6,9-11H2,1-3H3,(H,19,21)/t13-,14+/m1/s1. The van der Waals surface area contributed by atoms with E-state index in [-0.39, 0.29) is 11.9 Å². The highest BCUT2D eigenvalue weighted by Crippen LogP contribution is 2.39. The molecular weight excluding hydrogens is 308 g/mol. The van der Waals surface area contributed by atoms with E-state index in [2.05, 4.69) is 10.2 Å². The molecule has 0 saturated carbocycles. The first-order valence-corrected chi connectivity index (χ1v) is 8.45. The number of nitrogens with one attached hydrogen (secondary N) is 1. The van der Waals surface area contributed by atoms with Crippen LogP contribution in [0.25, 0.3) is 0 Å². The molecule has 2 saturated heterocycles. The molecule has 0 aromatic heterocycles. The maximum absolute atomic E-state index is 11.8. The highest BCUT2D eigenvalue weighted by Gasteiger charge is 2.35. The van der Waals surface area contributed by atoms with E-state index in [1.54, 1.807) is 21.3 Å². The van der Waals surface area contributed by atoms with Gasteiger partial charge in [-0.1, -0.05) is 0 Å². The summed E-state index contributed by atoms with van der Waals surface area (Å²) in [7, 11) is 4.87. The molecule has 0 spiro atoms. The van der Waals surface area contributed by atoms with Crippen molar-refractivity contribution in [3.8, 4) is 17.2 Å². The van der Waals surface area contributed by atoms with Crippen molar-refractivity contribution in [3.05, 3.63) is 17.7 Å². The van der Waals surface area contributed by atoms with Crippen LogP contribution in [0.3, 0.4) is 0 Å². The van der Waals surface area contributed by atoms with E-state index >= 15 is 0 Å². The van der Waals surface area contributed by atoms with Gasteiger partial charge in [0.25, 0.3) is 0 Å². The molecule has 1 aromatic rings. The van der Waals surface area contributed by atoms with Gasteiger partial charge in [0.1, 0.15) is 0 Å². The fourth-order valence-electron chi connectivity index (χ4n) is 3.83. The van der Waals surface area contributed by atoms with Crippen molar-refractivity contribution in [2.45, 2.75) is 31.8 Å². The van der Waals surface area contributed by atoms with Crippen LogP contribution in [0, 0.1) is 5.92 Å². The lowest BCUT2D eigenvalue weighted by Gasteiger charge is -2.19. The summed E-state index contributed by atoms with van der Waals surface area (Å²) < 4.78 is 16.2.